The largest absolute Gasteiger partial charge is 0.228 e. The Hall–Kier alpha value is -5.60. The molecular formula is C40H28N2. The molecule has 42 heavy (non-hydrogen) atoms. The zero-order valence-corrected chi connectivity index (χ0v) is 23.1. The summed E-state index contributed by atoms with van der Waals surface area (Å²) in [6, 6.07) is 59.2. The monoisotopic (exact) mass is 536 g/mol. The molecule has 1 heterocycles. The fourth-order valence-electron chi connectivity index (χ4n) is 5.24. The molecule has 0 spiro atoms. The first-order valence-electron chi connectivity index (χ1n) is 14.2. The van der Waals surface area contributed by atoms with E-state index in [1.807, 2.05) is 18.2 Å². The normalized spacial score (nSPS) is 10.9. The fraction of sp³-hybridized carbons (Fsp3) is 0. The van der Waals surface area contributed by atoms with Gasteiger partial charge in [-0.15, -0.1) is 0 Å². The van der Waals surface area contributed by atoms with Gasteiger partial charge in [0.1, 0.15) is 0 Å². The molecule has 0 saturated heterocycles. The fourth-order valence-corrected chi connectivity index (χ4v) is 5.24. The number of aromatic nitrogens is 2. The van der Waals surface area contributed by atoms with Crippen LogP contribution < -0.4 is 0 Å². The summed E-state index contributed by atoms with van der Waals surface area (Å²) in [6.45, 7) is 0. The van der Waals surface area contributed by atoms with Gasteiger partial charge in [0, 0.05) is 16.7 Å². The van der Waals surface area contributed by atoms with E-state index >= 15 is 0 Å². The van der Waals surface area contributed by atoms with Gasteiger partial charge in [0.2, 0.25) is 0 Å². The summed E-state index contributed by atoms with van der Waals surface area (Å²) in [6.07, 6.45) is 0. The minimum atomic E-state index is 0.710. The Morgan fingerprint density at radius 3 is 0.833 bits per heavy atom. The maximum Gasteiger partial charge on any atom is 0.160 e. The molecule has 7 aromatic rings. The van der Waals surface area contributed by atoms with E-state index in [0.717, 1.165) is 28.1 Å². The highest BCUT2D eigenvalue weighted by atomic mass is 14.9. The van der Waals surface area contributed by atoms with Crippen LogP contribution in [0, 0.1) is 0 Å². The molecular weight excluding hydrogens is 508 g/mol. The van der Waals surface area contributed by atoms with Crippen LogP contribution in [0.25, 0.3) is 67.3 Å². The van der Waals surface area contributed by atoms with Gasteiger partial charge in [0.05, 0.1) is 11.4 Å². The van der Waals surface area contributed by atoms with Gasteiger partial charge in [-0.1, -0.05) is 164 Å². The van der Waals surface area contributed by atoms with Crippen molar-refractivity contribution in [3.63, 3.8) is 0 Å². The van der Waals surface area contributed by atoms with Gasteiger partial charge in [-0.2, -0.15) is 0 Å². The van der Waals surface area contributed by atoms with Crippen LogP contribution in [0.5, 0.6) is 0 Å². The Morgan fingerprint density at radius 2 is 0.500 bits per heavy atom. The van der Waals surface area contributed by atoms with E-state index in [-0.39, 0.29) is 0 Å². The predicted molar refractivity (Wildman–Crippen MR) is 175 cm³/mol. The van der Waals surface area contributed by atoms with Crippen molar-refractivity contribution in [2.45, 2.75) is 0 Å². The van der Waals surface area contributed by atoms with Gasteiger partial charge in [0.15, 0.2) is 5.82 Å². The molecule has 198 valence electrons. The highest BCUT2D eigenvalue weighted by molar-refractivity contribution is 5.76. The summed E-state index contributed by atoms with van der Waals surface area (Å²) < 4.78 is 0. The molecule has 0 aliphatic rings. The van der Waals surface area contributed by atoms with Crippen LogP contribution in [-0.2, 0) is 0 Å². The Labute approximate surface area is 246 Å². The van der Waals surface area contributed by atoms with Crippen molar-refractivity contribution in [2.24, 2.45) is 0 Å². The molecule has 0 saturated carbocycles. The summed E-state index contributed by atoms with van der Waals surface area (Å²) in [7, 11) is 0. The Morgan fingerprint density at radius 1 is 0.238 bits per heavy atom. The summed E-state index contributed by atoms with van der Waals surface area (Å²) >= 11 is 0. The number of nitrogens with zero attached hydrogens (tertiary/aromatic N) is 2. The molecule has 0 atom stereocenters. The van der Waals surface area contributed by atoms with Gasteiger partial charge < -0.3 is 0 Å². The van der Waals surface area contributed by atoms with Crippen LogP contribution in [-0.4, -0.2) is 9.97 Å². The van der Waals surface area contributed by atoms with Crippen molar-refractivity contribution in [1.82, 2.24) is 9.97 Å². The first kappa shape index (κ1) is 25.4. The second-order valence-corrected chi connectivity index (χ2v) is 10.3. The number of hydrogen-bond donors (Lipinski definition) is 0. The van der Waals surface area contributed by atoms with Crippen LogP contribution in [0.2, 0.25) is 0 Å². The molecule has 0 aliphatic heterocycles. The smallest absolute Gasteiger partial charge is 0.160 e. The Kier molecular flexibility index (Phi) is 6.94. The lowest BCUT2D eigenvalue weighted by molar-refractivity contribution is 1.18. The van der Waals surface area contributed by atoms with Crippen molar-refractivity contribution in [1.29, 1.82) is 0 Å². The van der Waals surface area contributed by atoms with E-state index in [4.69, 9.17) is 9.97 Å². The lowest BCUT2D eigenvalue weighted by Gasteiger charge is -2.11. The predicted octanol–water partition coefficient (Wildman–Crippen LogP) is 10.5. The maximum atomic E-state index is 5.06. The van der Waals surface area contributed by atoms with Crippen LogP contribution in [0.4, 0.5) is 0 Å². The van der Waals surface area contributed by atoms with E-state index in [1.54, 1.807) is 0 Å². The van der Waals surface area contributed by atoms with Crippen molar-refractivity contribution >= 4 is 0 Å². The molecule has 0 N–H and O–H groups in total. The van der Waals surface area contributed by atoms with Crippen molar-refractivity contribution in [3.05, 3.63) is 170 Å². The summed E-state index contributed by atoms with van der Waals surface area (Å²) in [4.78, 5) is 10.1. The third-order valence-corrected chi connectivity index (χ3v) is 7.55. The Bertz CT molecular complexity index is 1670. The van der Waals surface area contributed by atoms with E-state index in [0.29, 0.717) is 5.82 Å². The van der Waals surface area contributed by atoms with E-state index in [2.05, 4.69) is 152 Å². The minimum absolute atomic E-state index is 0.710. The first-order chi connectivity index (χ1) is 20.8. The van der Waals surface area contributed by atoms with Crippen LogP contribution >= 0.6 is 0 Å². The van der Waals surface area contributed by atoms with Crippen molar-refractivity contribution in [3.8, 4) is 67.3 Å². The number of hydrogen-bond acceptors (Lipinski definition) is 2. The lowest BCUT2D eigenvalue weighted by atomic mass is 10.00. The molecule has 7 rings (SSSR count). The topological polar surface area (TPSA) is 25.8 Å². The van der Waals surface area contributed by atoms with Gasteiger partial charge >= 0.3 is 0 Å². The molecule has 0 amide bonds. The summed E-state index contributed by atoms with van der Waals surface area (Å²) in [5.74, 6) is 0.710. The van der Waals surface area contributed by atoms with Gasteiger partial charge in [-0.25, -0.2) is 9.97 Å². The van der Waals surface area contributed by atoms with E-state index in [1.165, 1.54) is 33.4 Å². The lowest BCUT2D eigenvalue weighted by Crippen LogP contribution is -1.96. The maximum absolute atomic E-state index is 5.06. The third kappa shape index (κ3) is 5.39. The quantitative estimate of drug-likeness (QED) is 0.211. The summed E-state index contributed by atoms with van der Waals surface area (Å²) in [5, 5.41) is 0. The molecule has 2 nitrogen and oxygen atoms in total. The molecule has 0 bridgehead atoms. The third-order valence-electron chi connectivity index (χ3n) is 7.55. The van der Waals surface area contributed by atoms with Crippen LogP contribution in [0.1, 0.15) is 0 Å². The second-order valence-electron chi connectivity index (χ2n) is 10.3. The van der Waals surface area contributed by atoms with E-state index in [9.17, 15) is 0 Å². The average molecular weight is 537 g/mol. The highest BCUT2D eigenvalue weighted by Gasteiger charge is 2.12. The zero-order chi connectivity index (χ0) is 28.1. The SMILES string of the molecule is c1ccc(-c2ccc(-c3cc(-c4ccc(-c5ccccc5)cc4)nc(-c4ccc(-c5ccccc5)cc4)n3)cc2)cc1. The summed E-state index contributed by atoms with van der Waals surface area (Å²) in [5.41, 5.74) is 12.0. The van der Waals surface area contributed by atoms with Crippen molar-refractivity contribution < 1.29 is 0 Å². The van der Waals surface area contributed by atoms with Crippen LogP contribution in [0.3, 0.4) is 0 Å². The molecule has 0 aliphatic carbocycles. The van der Waals surface area contributed by atoms with Gasteiger partial charge in [-0.05, 0) is 39.4 Å². The van der Waals surface area contributed by atoms with E-state index < -0.39 is 0 Å². The molecule has 1 aromatic heterocycles. The average Bonchev–Trinajstić information content (AvgIpc) is 3.09. The van der Waals surface area contributed by atoms with Gasteiger partial charge in [0.25, 0.3) is 0 Å². The zero-order valence-electron chi connectivity index (χ0n) is 23.1. The Balaban J connectivity index is 1.29. The number of rotatable bonds is 6. The second kappa shape index (κ2) is 11.5. The molecule has 6 aromatic carbocycles. The number of benzene rings is 6. The molecule has 0 unspecified atom stereocenters. The molecule has 2 heteroatoms. The minimum Gasteiger partial charge on any atom is -0.228 e. The van der Waals surface area contributed by atoms with Crippen LogP contribution in [0.15, 0.2) is 170 Å². The molecule has 0 radical (unpaired) electrons. The van der Waals surface area contributed by atoms with Gasteiger partial charge in [-0.3, -0.25) is 0 Å². The first-order valence-corrected chi connectivity index (χ1v) is 14.2. The highest BCUT2D eigenvalue weighted by Crippen LogP contribution is 2.31. The standard InChI is InChI=1S/C40H28N2/c1-4-10-29(11-5-1)32-16-22-35(23-17-32)38-28-39(36-24-18-33(19-25-36)30-12-6-2-7-13-30)42-40(41-38)37-26-20-34(21-27-37)31-14-8-3-9-15-31/h1-28H. The van der Waals surface area contributed by atoms with Crippen molar-refractivity contribution in [2.75, 3.05) is 0 Å². The molecule has 0 fully saturated rings.